The molecule has 3 heterocycles. The predicted octanol–water partition coefficient (Wildman–Crippen LogP) is 5.39. The predicted molar refractivity (Wildman–Crippen MR) is 111 cm³/mol. The Morgan fingerprint density at radius 2 is 1.86 bits per heavy atom. The molecule has 1 N–H and O–H groups in total. The summed E-state index contributed by atoms with van der Waals surface area (Å²) in [4.78, 5) is 17.1. The number of nitrogens with zero attached hydrogens (tertiary/aromatic N) is 2. The van der Waals surface area contributed by atoms with Crippen molar-refractivity contribution in [2.45, 2.75) is 6.42 Å². The van der Waals surface area contributed by atoms with Crippen molar-refractivity contribution >= 4 is 33.1 Å². The fourth-order valence-electron chi connectivity index (χ4n) is 2.99. The number of para-hydroxylation sites is 1. The zero-order chi connectivity index (χ0) is 19.6. The van der Waals surface area contributed by atoms with Crippen LogP contribution in [0.2, 0.25) is 0 Å². The van der Waals surface area contributed by atoms with E-state index in [9.17, 15) is 4.79 Å². The minimum absolute atomic E-state index is 0.190. The summed E-state index contributed by atoms with van der Waals surface area (Å²) in [5.41, 5.74) is 3.03. The van der Waals surface area contributed by atoms with E-state index >= 15 is 0 Å². The number of hydrogen-bond donors (Lipinski definition) is 1. The highest BCUT2D eigenvalue weighted by Crippen LogP contribution is 2.24. The van der Waals surface area contributed by atoms with Gasteiger partial charge in [0.25, 0.3) is 5.91 Å². The first-order valence-electron chi connectivity index (χ1n) is 9.00. The van der Waals surface area contributed by atoms with Crippen molar-refractivity contribution in [1.82, 2.24) is 10.1 Å². The van der Waals surface area contributed by atoms with E-state index in [0.29, 0.717) is 17.2 Å². The quantitative estimate of drug-likeness (QED) is 0.427. The van der Waals surface area contributed by atoms with Gasteiger partial charge in [-0.05, 0) is 42.0 Å². The zero-order valence-corrected chi connectivity index (χ0v) is 16.0. The van der Waals surface area contributed by atoms with Gasteiger partial charge in [0.1, 0.15) is 0 Å². The number of benzene rings is 2. The molecule has 0 aliphatic rings. The summed E-state index contributed by atoms with van der Waals surface area (Å²) in [5.74, 6) is 0.590. The molecule has 0 atom stereocenters. The van der Waals surface area contributed by atoms with Crippen LogP contribution in [0.5, 0.6) is 0 Å². The highest BCUT2D eigenvalue weighted by atomic mass is 32.1. The number of carbonyl (C=O) groups is 1. The van der Waals surface area contributed by atoms with Gasteiger partial charge in [-0.1, -0.05) is 29.4 Å². The zero-order valence-electron chi connectivity index (χ0n) is 15.2. The molecule has 5 aromatic rings. The van der Waals surface area contributed by atoms with E-state index in [4.69, 9.17) is 8.94 Å². The molecule has 2 aromatic carbocycles. The van der Waals surface area contributed by atoms with Gasteiger partial charge in [-0.3, -0.25) is 4.79 Å². The lowest BCUT2D eigenvalue weighted by Crippen LogP contribution is -2.12. The first-order chi connectivity index (χ1) is 14.2. The van der Waals surface area contributed by atoms with Crippen LogP contribution in [-0.2, 0) is 6.42 Å². The Morgan fingerprint density at radius 3 is 2.66 bits per heavy atom. The summed E-state index contributed by atoms with van der Waals surface area (Å²) < 4.78 is 11.6. The van der Waals surface area contributed by atoms with Crippen molar-refractivity contribution in [2.24, 2.45) is 0 Å². The summed E-state index contributed by atoms with van der Waals surface area (Å²) in [7, 11) is 0. The van der Waals surface area contributed by atoms with Gasteiger partial charge in [-0.25, -0.2) is 4.98 Å². The number of rotatable bonds is 5. The molecule has 7 heteroatoms. The molecule has 0 unspecified atom stereocenters. The van der Waals surface area contributed by atoms with Crippen molar-refractivity contribution in [3.63, 3.8) is 0 Å². The maximum Gasteiger partial charge on any atom is 0.277 e. The number of aromatic nitrogens is 2. The van der Waals surface area contributed by atoms with Crippen molar-refractivity contribution in [2.75, 3.05) is 5.32 Å². The third kappa shape index (κ3) is 3.68. The van der Waals surface area contributed by atoms with Crippen molar-refractivity contribution in [1.29, 1.82) is 0 Å². The highest BCUT2D eigenvalue weighted by Gasteiger charge is 2.15. The number of amides is 1. The third-order valence-electron chi connectivity index (χ3n) is 4.41. The fraction of sp³-hybridized carbons (Fsp3) is 0.0455. The van der Waals surface area contributed by atoms with E-state index < -0.39 is 0 Å². The average Bonchev–Trinajstić information content (AvgIpc) is 3.49. The fourth-order valence-corrected chi connectivity index (χ4v) is 3.99. The van der Waals surface area contributed by atoms with Gasteiger partial charge < -0.3 is 14.3 Å². The SMILES string of the molecule is O=C(Nc1ccc(Cc2nc3ccccc3s2)cc1)c1cc(-c2ccco2)on1. The van der Waals surface area contributed by atoms with Crippen molar-refractivity contribution in [3.05, 3.63) is 89.3 Å². The van der Waals surface area contributed by atoms with Gasteiger partial charge in [0.2, 0.25) is 5.76 Å². The summed E-state index contributed by atoms with van der Waals surface area (Å²) in [6.45, 7) is 0. The van der Waals surface area contributed by atoms with Crippen LogP contribution in [0.15, 0.2) is 81.9 Å². The maximum atomic E-state index is 12.4. The molecule has 6 nitrogen and oxygen atoms in total. The molecule has 0 aliphatic heterocycles. The van der Waals surface area contributed by atoms with E-state index in [0.717, 1.165) is 22.5 Å². The molecule has 3 aromatic heterocycles. The normalized spacial score (nSPS) is 11.0. The molecule has 0 spiro atoms. The second-order valence-electron chi connectivity index (χ2n) is 6.46. The molecule has 0 fully saturated rings. The largest absolute Gasteiger partial charge is 0.461 e. The topological polar surface area (TPSA) is 81.2 Å². The summed E-state index contributed by atoms with van der Waals surface area (Å²) in [6.07, 6.45) is 2.29. The van der Waals surface area contributed by atoms with Crippen LogP contribution < -0.4 is 5.32 Å². The van der Waals surface area contributed by atoms with E-state index in [1.807, 2.05) is 42.5 Å². The Kier molecular flexibility index (Phi) is 4.42. The minimum atomic E-state index is -0.342. The Morgan fingerprint density at radius 1 is 1.00 bits per heavy atom. The molecule has 1 amide bonds. The van der Waals surface area contributed by atoms with E-state index in [-0.39, 0.29) is 11.6 Å². The molecular formula is C22H15N3O3S. The van der Waals surface area contributed by atoms with Gasteiger partial charge in [-0.15, -0.1) is 11.3 Å². The van der Waals surface area contributed by atoms with Crippen molar-refractivity contribution in [3.8, 4) is 11.5 Å². The molecule has 29 heavy (non-hydrogen) atoms. The van der Waals surface area contributed by atoms with Gasteiger partial charge in [0, 0.05) is 18.2 Å². The van der Waals surface area contributed by atoms with Gasteiger partial charge in [0.15, 0.2) is 11.5 Å². The van der Waals surface area contributed by atoms with E-state index in [2.05, 4.69) is 21.5 Å². The van der Waals surface area contributed by atoms with Crippen LogP contribution in [0.1, 0.15) is 21.1 Å². The standard InChI is InChI=1S/C22H15N3O3S/c26-22(17-13-19(28-25-17)18-5-3-11-27-18)23-15-9-7-14(8-10-15)12-21-24-16-4-1-2-6-20(16)29-21/h1-11,13H,12H2,(H,23,26). The molecule has 0 aliphatic carbocycles. The number of furan rings is 1. The number of fused-ring (bicyclic) bond motifs is 1. The molecule has 0 bridgehead atoms. The van der Waals surface area contributed by atoms with Crippen LogP contribution in [0.3, 0.4) is 0 Å². The monoisotopic (exact) mass is 401 g/mol. The van der Waals surface area contributed by atoms with E-state index in [1.165, 1.54) is 11.0 Å². The molecule has 5 rings (SSSR count). The van der Waals surface area contributed by atoms with Gasteiger partial charge in [0.05, 0.1) is 21.5 Å². The van der Waals surface area contributed by atoms with Gasteiger partial charge >= 0.3 is 0 Å². The summed E-state index contributed by atoms with van der Waals surface area (Å²) >= 11 is 1.70. The lowest BCUT2D eigenvalue weighted by Gasteiger charge is -2.04. The lowest BCUT2D eigenvalue weighted by atomic mass is 10.1. The number of nitrogens with one attached hydrogen (secondary N) is 1. The Bertz CT molecular complexity index is 1240. The smallest absolute Gasteiger partial charge is 0.277 e. The van der Waals surface area contributed by atoms with Crippen LogP contribution in [-0.4, -0.2) is 16.0 Å². The number of anilines is 1. The summed E-state index contributed by atoms with van der Waals surface area (Å²) in [6, 6.07) is 20.9. The third-order valence-corrected chi connectivity index (χ3v) is 5.45. The minimum Gasteiger partial charge on any atom is -0.461 e. The second kappa shape index (κ2) is 7.37. The second-order valence-corrected chi connectivity index (χ2v) is 7.57. The Labute approximate surface area is 169 Å². The van der Waals surface area contributed by atoms with Crippen LogP contribution in [0.25, 0.3) is 21.7 Å². The Hall–Kier alpha value is -3.71. The maximum absolute atomic E-state index is 12.4. The molecule has 0 saturated carbocycles. The first-order valence-corrected chi connectivity index (χ1v) is 9.81. The first kappa shape index (κ1) is 17.4. The summed E-state index contributed by atoms with van der Waals surface area (Å²) in [5, 5.41) is 7.70. The molecule has 142 valence electrons. The molecule has 0 radical (unpaired) electrons. The lowest BCUT2D eigenvalue weighted by molar-refractivity contribution is 0.101. The van der Waals surface area contributed by atoms with E-state index in [1.54, 1.807) is 29.5 Å². The van der Waals surface area contributed by atoms with Crippen LogP contribution in [0, 0.1) is 0 Å². The Balaban J connectivity index is 1.26. The highest BCUT2D eigenvalue weighted by molar-refractivity contribution is 7.18. The van der Waals surface area contributed by atoms with Crippen molar-refractivity contribution < 1.29 is 13.7 Å². The number of carbonyl (C=O) groups excluding carboxylic acids is 1. The van der Waals surface area contributed by atoms with Crippen LogP contribution >= 0.6 is 11.3 Å². The van der Waals surface area contributed by atoms with Gasteiger partial charge in [-0.2, -0.15) is 0 Å². The number of thiazole rings is 1. The van der Waals surface area contributed by atoms with Crippen LogP contribution in [0.4, 0.5) is 5.69 Å². The number of hydrogen-bond acceptors (Lipinski definition) is 6. The molecular weight excluding hydrogens is 386 g/mol. The average molecular weight is 401 g/mol. The molecule has 0 saturated heterocycles.